The first kappa shape index (κ1) is 17.2. The zero-order valence-electron chi connectivity index (χ0n) is 14.0. The minimum absolute atomic E-state index is 0.162. The number of benzene rings is 2. The van der Waals surface area contributed by atoms with Gasteiger partial charge in [-0.3, -0.25) is 4.79 Å². The second-order valence-electron chi connectivity index (χ2n) is 5.84. The molecule has 4 nitrogen and oxygen atoms in total. The van der Waals surface area contributed by atoms with Crippen LogP contribution in [0.3, 0.4) is 0 Å². The third-order valence-corrected chi connectivity index (χ3v) is 4.31. The molecular formula is C20H18BrN3O. The van der Waals surface area contributed by atoms with Gasteiger partial charge in [0.05, 0.1) is 11.9 Å². The number of carbonyl (C=O) groups is 1. The van der Waals surface area contributed by atoms with Crippen molar-refractivity contribution >= 4 is 39.0 Å². The highest BCUT2D eigenvalue weighted by atomic mass is 79.9. The Balaban J connectivity index is 1.68. The van der Waals surface area contributed by atoms with Gasteiger partial charge < -0.3 is 10.6 Å². The highest BCUT2D eigenvalue weighted by Gasteiger charge is 2.06. The second-order valence-corrected chi connectivity index (χ2v) is 6.75. The first-order valence-corrected chi connectivity index (χ1v) is 8.68. The van der Waals surface area contributed by atoms with Crippen LogP contribution in [0, 0.1) is 13.8 Å². The summed E-state index contributed by atoms with van der Waals surface area (Å²) in [4.78, 5) is 16.6. The van der Waals surface area contributed by atoms with Crippen LogP contribution in [-0.4, -0.2) is 10.9 Å². The summed E-state index contributed by atoms with van der Waals surface area (Å²) in [6.07, 6.45) is 1.64. The smallest absolute Gasteiger partial charge is 0.255 e. The van der Waals surface area contributed by atoms with Gasteiger partial charge in [-0.2, -0.15) is 0 Å². The fraction of sp³-hybridized carbons (Fsp3) is 0.100. The van der Waals surface area contributed by atoms with Gasteiger partial charge in [0, 0.05) is 15.7 Å². The largest absolute Gasteiger partial charge is 0.340 e. The molecule has 3 rings (SSSR count). The van der Waals surface area contributed by atoms with Crippen molar-refractivity contribution in [1.29, 1.82) is 0 Å². The normalized spacial score (nSPS) is 10.4. The van der Waals surface area contributed by atoms with Crippen LogP contribution in [0.5, 0.6) is 0 Å². The van der Waals surface area contributed by atoms with E-state index in [4.69, 9.17) is 0 Å². The molecule has 0 saturated heterocycles. The summed E-state index contributed by atoms with van der Waals surface area (Å²) in [7, 11) is 0. The molecule has 0 bridgehead atoms. The predicted molar refractivity (Wildman–Crippen MR) is 106 cm³/mol. The van der Waals surface area contributed by atoms with Crippen LogP contribution in [0.25, 0.3) is 0 Å². The molecule has 2 aromatic carbocycles. The van der Waals surface area contributed by atoms with Crippen LogP contribution < -0.4 is 10.6 Å². The average molecular weight is 396 g/mol. The highest BCUT2D eigenvalue weighted by molar-refractivity contribution is 9.10. The number of nitrogens with zero attached hydrogens (tertiary/aromatic N) is 1. The summed E-state index contributed by atoms with van der Waals surface area (Å²) in [5.74, 6) is 0.569. The van der Waals surface area contributed by atoms with Crippen molar-refractivity contribution in [1.82, 2.24) is 4.98 Å². The Labute approximate surface area is 155 Å². The van der Waals surface area contributed by atoms with Gasteiger partial charge >= 0.3 is 0 Å². The van der Waals surface area contributed by atoms with E-state index in [2.05, 4.69) is 63.6 Å². The van der Waals surface area contributed by atoms with Crippen molar-refractivity contribution in [3.8, 4) is 0 Å². The number of halogens is 1. The maximum Gasteiger partial charge on any atom is 0.255 e. The molecule has 0 aliphatic rings. The number of anilines is 3. The molecule has 2 N–H and O–H groups in total. The van der Waals surface area contributed by atoms with Crippen molar-refractivity contribution < 1.29 is 4.79 Å². The van der Waals surface area contributed by atoms with Crippen LogP contribution in [0.15, 0.2) is 65.3 Å². The van der Waals surface area contributed by atoms with E-state index in [1.807, 2.05) is 24.3 Å². The topological polar surface area (TPSA) is 54.0 Å². The number of nitrogens with one attached hydrogen (secondary N) is 2. The molecule has 126 valence electrons. The number of amides is 1. The third kappa shape index (κ3) is 4.45. The summed E-state index contributed by atoms with van der Waals surface area (Å²) < 4.78 is 0.938. The average Bonchev–Trinajstić information content (AvgIpc) is 2.60. The molecule has 5 heteroatoms. The van der Waals surface area contributed by atoms with Gasteiger partial charge in [0.25, 0.3) is 5.91 Å². The first-order valence-electron chi connectivity index (χ1n) is 7.88. The molecule has 1 amide bonds. The monoisotopic (exact) mass is 395 g/mol. The molecule has 1 aromatic heterocycles. The molecule has 25 heavy (non-hydrogen) atoms. The van der Waals surface area contributed by atoms with Gasteiger partial charge in [-0.1, -0.05) is 28.1 Å². The van der Waals surface area contributed by atoms with Crippen molar-refractivity contribution in [2.45, 2.75) is 13.8 Å². The number of rotatable bonds is 4. The minimum Gasteiger partial charge on any atom is -0.340 e. The SMILES string of the molecule is Cc1ccc(C)c(Nc2ccc(NC(=O)c3ccc(Br)cc3)cn2)c1. The second kappa shape index (κ2) is 7.49. The number of hydrogen-bond acceptors (Lipinski definition) is 3. The van der Waals surface area contributed by atoms with Crippen LogP contribution in [0.2, 0.25) is 0 Å². The maximum atomic E-state index is 12.2. The maximum absolute atomic E-state index is 12.2. The Morgan fingerprint density at radius 2 is 1.76 bits per heavy atom. The summed E-state index contributed by atoms with van der Waals surface area (Å²) in [5, 5.41) is 6.15. The fourth-order valence-corrected chi connectivity index (χ4v) is 2.62. The zero-order valence-corrected chi connectivity index (χ0v) is 15.6. The quantitative estimate of drug-likeness (QED) is 0.616. The van der Waals surface area contributed by atoms with Gasteiger partial charge in [-0.25, -0.2) is 4.98 Å². The van der Waals surface area contributed by atoms with Crippen molar-refractivity contribution in [2.75, 3.05) is 10.6 Å². The van der Waals surface area contributed by atoms with E-state index >= 15 is 0 Å². The lowest BCUT2D eigenvalue weighted by Gasteiger charge is -2.11. The van der Waals surface area contributed by atoms with Gasteiger partial charge in [-0.15, -0.1) is 0 Å². The Morgan fingerprint density at radius 3 is 2.44 bits per heavy atom. The highest BCUT2D eigenvalue weighted by Crippen LogP contribution is 2.21. The predicted octanol–water partition coefficient (Wildman–Crippen LogP) is 5.46. The van der Waals surface area contributed by atoms with Gasteiger partial charge in [0.2, 0.25) is 0 Å². The molecule has 1 heterocycles. The molecule has 0 spiro atoms. The van der Waals surface area contributed by atoms with Crippen molar-refractivity contribution in [3.05, 3.63) is 82.0 Å². The Bertz CT molecular complexity index is 890. The van der Waals surface area contributed by atoms with E-state index in [1.54, 1.807) is 18.3 Å². The van der Waals surface area contributed by atoms with Crippen LogP contribution in [0.4, 0.5) is 17.2 Å². The van der Waals surface area contributed by atoms with Gasteiger partial charge in [-0.05, 0) is 67.4 Å². The third-order valence-electron chi connectivity index (χ3n) is 3.78. The minimum atomic E-state index is -0.162. The Hall–Kier alpha value is -2.66. The fourth-order valence-electron chi connectivity index (χ4n) is 2.35. The molecule has 0 saturated carbocycles. The van der Waals surface area contributed by atoms with Crippen molar-refractivity contribution in [2.24, 2.45) is 0 Å². The number of hydrogen-bond donors (Lipinski definition) is 2. The Morgan fingerprint density at radius 1 is 1.00 bits per heavy atom. The van der Waals surface area contributed by atoms with Gasteiger partial charge in [0.15, 0.2) is 0 Å². The molecule has 0 aliphatic heterocycles. The lowest BCUT2D eigenvalue weighted by atomic mass is 10.1. The summed E-state index contributed by atoms with van der Waals surface area (Å²) in [6, 6.07) is 17.1. The number of carbonyl (C=O) groups excluding carboxylic acids is 1. The van der Waals surface area contributed by atoms with E-state index < -0.39 is 0 Å². The molecule has 0 aliphatic carbocycles. The van der Waals surface area contributed by atoms with Crippen LogP contribution >= 0.6 is 15.9 Å². The molecule has 0 atom stereocenters. The molecule has 0 unspecified atom stereocenters. The Kier molecular flexibility index (Phi) is 5.14. The summed E-state index contributed by atoms with van der Waals surface area (Å²) in [6.45, 7) is 4.10. The van der Waals surface area contributed by atoms with E-state index in [1.165, 1.54) is 5.56 Å². The standard InChI is InChI=1S/C20H18BrN3O/c1-13-3-4-14(2)18(11-13)24-19-10-9-17(12-22-19)23-20(25)15-5-7-16(21)8-6-15/h3-12H,1-2H3,(H,22,24)(H,23,25). The lowest BCUT2D eigenvalue weighted by Crippen LogP contribution is -2.11. The number of aryl methyl sites for hydroxylation is 2. The zero-order chi connectivity index (χ0) is 17.8. The van der Waals surface area contributed by atoms with E-state index in [-0.39, 0.29) is 5.91 Å². The molecular weight excluding hydrogens is 378 g/mol. The van der Waals surface area contributed by atoms with E-state index in [9.17, 15) is 4.79 Å². The van der Waals surface area contributed by atoms with E-state index in [0.29, 0.717) is 11.3 Å². The number of pyridine rings is 1. The van der Waals surface area contributed by atoms with E-state index in [0.717, 1.165) is 21.5 Å². The van der Waals surface area contributed by atoms with Crippen LogP contribution in [-0.2, 0) is 0 Å². The first-order chi connectivity index (χ1) is 12.0. The molecule has 3 aromatic rings. The van der Waals surface area contributed by atoms with Gasteiger partial charge in [0.1, 0.15) is 5.82 Å². The number of aromatic nitrogens is 1. The summed E-state index contributed by atoms with van der Waals surface area (Å²) >= 11 is 3.36. The van der Waals surface area contributed by atoms with Crippen molar-refractivity contribution in [3.63, 3.8) is 0 Å². The summed E-state index contributed by atoms with van der Waals surface area (Å²) in [5.41, 5.74) is 4.62. The molecule has 0 fully saturated rings. The molecule has 0 radical (unpaired) electrons. The lowest BCUT2D eigenvalue weighted by molar-refractivity contribution is 0.102. The van der Waals surface area contributed by atoms with Crippen LogP contribution in [0.1, 0.15) is 21.5 Å².